The Balaban J connectivity index is 1.74. The molecule has 0 unspecified atom stereocenters. The topological polar surface area (TPSA) is 75.2 Å². The van der Waals surface area contributed by atoms with Gasteiger partial charge in [-0.1, -0.05) is 25.1 Å². The van der Waals surface area contributed by atoms with E-state index < -0.39 is 0 Å². The molecule has 0 aliphatic heterocycles. The van der Waals surface area contributed by atoms with Crippen molar-refractivity contribution >= 4 is 28.5 Å². The van der Waals surface area contributed by atoms with Crippen LogP contribution in [0.3, 0.4) is 0 Å². The summed E-state index contributed by atoms with van der Waals surface area (Å²) in [5.41, 5.74) is 3.46. The molecular weight excluding hydrogens is 328 g/mol. The summed E-state index contributed by atoms with van der Waals surface area (Å²) in [6.07, 6.45) is 2.07. The predicted molar refractivity (Wildman–Crippen MR) is 101 cm³/mol. The average Bonchev–Trinajstić information content (AvgIpc) is 2.67. The minimum atomic E-state index is -0.146. The summed E-state index contributed by atoms with van der Waals surface area (Å²) in [4.78, 5) is 34.7. The van der Waals surface area contributed by atoms with Crippen LogP contribution in [-0.2, 0) is 11.3 Å². The number of amides is 2. The van der Waals surface area contributed by atoms with E-state index >= 15 is 0 Å². The van der Waals surface area contributed by atoms with Crippen LogP contribution in [0.1, 0.15) is 29.4 Å². The number of hydrogen-bond acceptors (Lipinski definition) is 4. The minimum absolute atomic E-state index is 0.0885. The molecule has 0 aliphatic carbocycles. The lowest BCUT2D eigenvalue weighted by molar-refractivity contribution is -0.115. The summed E-state index contributed by atoms with van der Waals surface area (Å²) < 4.78 is 0. The third-order valence-corrected chi connectivity index (χ3v) is 3.96. The van der Waals surface area contributed by atoms with Gasteiger partial charge in [0.15, 0.2) is 0 Å². The highest BCUT2D eigenvalue weighted by molar-refractivity contribution is 5.97. The second kappa shape index (κ2) is 7.74. The number of benzene rings is 2. The second-order valence-electron chi connectivity index (χ2n) is 5.99. The van der Waals surface area contributed by atoms with Gasteiger partial charge in [0.1, 0.15) is 0 Å². The lowest BCUT2D eigenvalue weighted by Gasteiger charge is -2.17. The monoisotopic (exact) mass is 348 g/mol. The molecule has 1 aromatic heterocycles. The Hall–Kier alpha value is -3.28. The summed E-state index contributed by atoms with van der Waals surface area (Å²) >= 11 is 0. The van der Waals surface area contributed by atoms with Crippen molar-refractivity contribution in [3.8, 4) is 0 Å². The highest BCUT2D eigenvalue weighted by Gasteiger charge is 2.14. The van der Waals surface area contributed by atoms with Crippen molar-refractivity contribution in [3.63, 3.8) is 0 Å². The summed E-state index contributed by atoms with van der Waals surface area (Å²) in [6, 6.07) is 14.5. The number of carbonyl (C=O) groups is 2. The third-order valence-electron chi connectivity index (χ3n) is 3.96. The van der Waals surface area contributed by atoms with Gasteiger partial charge >= 0.3 is 0 Å². The van der Waals surface area contributed by atoms with Crippen LogP contribution in [0.5, 0.6) is 0 Å². The van der Waals surface area contributed by atoms with E-state index in [2.05, 4.69) is 15.3 Å². The van der Waals surface area contributed by atoms with Crippen molar-refractivity contribution in [3.05, 3.63) is 66.0 Å². The average molecular weight is 348 g/mol. The fraction of sp³-hybridized carbons (Fsp3) is 0.200. The Morgan fingerprint density at radius 3 is 2.62 bits per heavy atom. The van der Waals surface area contributed by atoms with Gasteiger partial charge in [0.2, 0.25) is 5.91 Å². The number of nitrogens with zero attached hydrogens (tertiary/aromatic N) is 3. The Morgan fingerprint density at radius 1 is 1.08 bits per heavy atom. The van der Waals surface area contributed by atoms with Crippen molar-refractivity contribution in [2.45, 2.75) is 19.9 Å². The molecule has 132 valence electrons. The van der Waals surface area contributed by atoms with Gasteiger partial charge in [-0.05, 0) is 30.3 Å². The molecule has 1 N–H and O–H groups in total. The molecule has 3 aromatic rings. The molecule has 1 heterocycles. The number of nitrogens with one attached hydrogen (secondary N) is 1. The maximum absolute atomic E-state index is 12.7. The standard InChI is InChI=1S/C20H20N4O2/c1-3-19(25)23-15-8-6-7-14(11-15)20(26)24(2)13-16-12-21-17-9-4-5-10-18(17)22-16/h4-12H,3,13H2,1-2H3,(H,23,25). The zero-order chi connectivity index (χ0) is 18.5. The van der Waals surface area contributed by atoms with Gasteiger partial charge in [0.25, 0.3) is 5.91 Å². The number of para-hydroxylation sites is 2. The maximum atomic E-state index is 12.7. The third kappa shape index (κ3) is 4.03. The number of hydrogen-bond donors (Lipinski definition) is 1. The molecule has 0 saturated heterocycles. The van der Waals surface area contributed by atoms with E-state index in [9.17, 15) is 9.59 Å². The molecule has 6 heteroatoms. The Kier molecular flexibility index (Phi) is 5.22. The highest BCUT2D eigenvalue weighted by atomic mass is 16.2. The van der Waals surface area contributed by atoms with Crippen molar-refractivity contribution in [1.29, 1.82) is 0 Å². The van der Waals surface area contributed by atoms with E-state index in [4.69, 9.17) is 0 Å². The quantitative estimate of drug-likeness (QED) is 0.768. The lowest BCUT2D eigenvalue weighted by Crippen LogP contribution is -2.26. The molecule has 0 radical (unpaired) electrons. The summed E-state index contributed by atoms with van der Waals surface area (Å²) in [5, 5.41) is 2.76. The van der Waals surface area contributed by atoms with Crippen molar-refractivity contribution < 1.29 is 9.59 Å². The first kappa shape index (κ1) is 17.5. The van der Waals surface area contributed by atoms with E-state index in [1.54, 1.807) is 49.3 Å². The first-order valence-corrected chi connectivity index (χ1v) is 8.43. The summed E-state index contributed by atoms with van der Waals surface area (Å²) in [7, 11) is 1.72. The normalized spacial score (nSPS) is 10.5. The van der Waals surface area contributed by atoms with Gasteiger partial charge in [-0.2, -0.15) is 0 Å². The van der Waals surface area contributed by atoms with Crippen molar-refractivity contribution in [2.24, 2.45) is 0 Å². The number of fused-ring (bicyclic) bond motifs is 1. The van der Waals surface area contributed by atoms with Crippen molar-refractivity contribution in [2.75, 3.05) is 12.4 Å². The Labute approximate surface area is 151 Å². The largest absolute Gasteiger partial charge is 0.336 e. The zero-order valence-electron chi connectivity index (χ0n) is 14.8. The predicted octanol–water partition coefficient (Wildman–Crippen LogP) is 3.25. The summed E-state index contributed by atoms with van der Waals surface area (Å²) in [6.45, 7) is 2.13. The van der Waals surface area contributed by atoms with Crippen LogP contribution in [-0.4, -0.2) is 33.7 Å². The van der Waals surface area contributed by atoms with Crippen LogP contribution in [0.25, 0.3) is 11.0 Å². The number of rotatable bonds is 5. The van der Waals surface area contributed by atoms with Gasteiger partial charge < -0.3 is 10.2 Å². The molecule has 6 nitrogen and oxygen atoms in total. The fourth-order valence-electron chi connectivity index (χ4n) is 2.59. The molecule has 3 rings (SSSR count). The van der Waals surface area contributed by atoms with E-state index in [0.29, 0.717) is 24.2 Å². The van der Waals surface area contributed by atoms with Crippen LogP contribution < -0.4 is 5.32 Å². The Bertz CT molecular complexity index is 955. The molecular formula is C20H20N4O2. The van der Waals surface area contributed by atoms with Crippen LogP contribution in [0.4, 0.5) is 5.69 Å². The SMILES string of the molecule is CCC(=O)Nc1cccc(C(=O)N(C)Cc2cnc3ccccc3n2)c1. The van der Waals surface area contributed by atoms with E-state index in [0.717, 1.165) is 16.7 Å². The molecule has 0 atom stereocenters. The van der Waals surface area contributed by atoms with E-state index in [-0.39, 0.29) is 11.8 Å². The molecule has 0 fully saturated rings. The number of anilines is 1. The lowest BCUT2D eigenvalue weighted by atomic mass is 10.1. The van der Waals surface area contributed by atoms with Crippen LogP contribution in [0.2, 0.25) is 0 Å². The first-order valence-electron chi connectivity index (χ1n) is 8.43. The van der Waals surface area contributed by atoms with E-state index in [1.807, 2.05) is 24.3 Å². The molecule has 0 spiro atoms. The van der Waals surface area contributed by atoms with Crippen LogP contribution in [0, 0.1) is 0 Å². The molecule has 2 amide bonds. The van der Waals surface area contributed by atoms with Gasteiger partial charge in [-0.3, -0.25) is 14.6 Å². The van der Waals surface area contributed by atoms with Crippen molar-refractivity contribution in [1.82, 2.24) is 14.9 Å². The fourth-order valence-corrected chi connectivity index (χ4v) is 2.59. The molecule has 26 heavy (non-hydrogen) atoms. The molecule has 2 aromatic carbocycles. The maximum Gasteiger partial charge on any atom is 0.254 e. The minimum Gasteiger partial charge on any atom is -0.336 e. The van der Waals surface area contributed by atoms with Gasteiger partial charge in [0, 0.05) is 24.7 Å². The second-order valence-corrected chi connectivity index (χ2v) is 5.99. The number of carbonyl (C=O) groups excluding carboxylic acids is 2. The highest BCUT2D eigenvalue weighted by Crippen LogP contribution is 2.15. The van der Waals surface area contributed by atoms with Gasteiger partial charge in [-0.25, -0.2) is 4.98 Å². The molecule has 0 saturated carbocycles. The molecule has 0 aliphatic rings. The van der Waals surface area contributed by atoms with E-state index in [1.165, 1.54) is 0 Å². The van der Waals surface area contributed by atoms with Gasteiger partial charge in [0.05, 0.1) is 29.5 Å². The number of aromatic nitrogens is 2. The van der Waals surface area contributed by atoms with Gasteiger partial charge in [-0.15, -0.1) is 0 Å². The molecule has 0 bridgehead atoms. The first-order chi connectivity index (χ1) is 12.6. The van der Waals surface area contributed by atoms with Crippen LogP contribution >= 0.6 is 0 Å². The smallest absolute Gasteiger partial charge is 0.254 e. The summed E-state index contributed by atoms with van der Waals surface area (Å²) in [5.74, 6) is -0.234. The Morgan fingerprint density at radius 2 is 1.85 bits per heavy atom. The zero-order valence-corrected chi connectivity index (χ0v) is 14.8. The van der Waals surface area contributed by atoms with Crippen LogP contribution in [0.15, 0.2) is 54.7 Å².